The molecule has 0 atom stereocenters. The smallest absolute Gasteiger partial charge is 0.123 e. The third-order valence-corrected chi connectivity index (χ3v) is 3.54. The van der Waals surface area contributed by atoms with Crippen LogP contribution in [0.1, 0.15) is 12.8 Å². The van der Waals surface area contributed by atoms with Crippen molar-refractivity contribution in [2.45, 2.75) is 19.4 Å². The lowest BCUT2D eigenvalue weighted by Crippen LogP contribution is -2.01. The van der Waals surface area contributed by atoms with E-state index in [9.17, 15) is 4.39 Å². The van der Waals surface area contributed by atoms with E-state index >= 15 is 0 Å². The van der Waals surface area contributed by atoms with Gasteiger partial charge in [0.15, 0.2) is 0 Å². The maximum absolute atomic E-state index is 13.1. The highest BCUT2D eigenvalue weighted by atomic mass is 19.1. The van der Waals surface area contributed by atoms with E-state index in [1.54, 1.807) is 6.07 Å². The Morgan fingerprint density at radius 1 is 0.952 bits per heavy atom. The van der Waals surface area contributed by atoms with Gasteiger partial charge in [-0.1, -0.05) is 18.2 Å². The molecule has 0 N–H and O–H groups in total. The van der Waals surface area contributed by atoms with Crippen LogP contribution in [0.5, 0.6) is 5.75 Å². The minimum Gasteiger partial charge on any atom is -0.494 e. The van der Waals surface area contributed by atoms with Crippen LogP contribution in [-0.2, 0) is 6.54 Å². The highest BCUT2D eigenvalue weighted by Crippen LogP contribution is 2.17. The zero-order chi connectivity index (χ0) is 14.5. The summed E-state index contributed by atoms with van der Waals surface area (Å²) in [5, 5.41) is 0.954. The van der Waals surface area contributed by atoms with Crippen molar-refractivity contribution >= 4 is 10.9 Å². The molecule has 108 valence electrons. The summed E-state index contributed by atoms with van der Waals surface area (Å²) in [6.45, 7) is 1.64. The Bertz CT molecular complexity index is 706. The monoisotopic (exact) mass is 283 g/mol. The van der Waals surface area contributed by atoms with Gasteiger partial charge < -0.3 is 9.30 Å². The summed E-state index contributed by atoms with van der Waals surface area (Å²) >= 11 is 0. The van der Waals surface area contributed by atoms with E-state index in [0.29, 0.717) is 0 Å². The second kappa shape index (κ2) is 6.44. The number of ether oxygens (including phenoxy) is 1. The molecule has 0 aliphatic carbocycles. The van der Waals surface area contributed by atoms with Crippen LogP contribution in [0.4, 0.5) is 4.39 Å². The lowest BCUT2D eigenvalue weighted by atomic mass is 10.2. The zero-order valence-electron chi connectivity index (χ0n) is 11.8. The first-order valence-corrected chi connectivity index (χ1v) is 7.25. The topological polar surface area (TPSA) is 14.2 Å². The van der Waals surface area contributed by atoms with Crippen molar-refractivity contribution in [3.05, 3.63) is 66.6 Å². The second-order valence-electron chi connectivity index (χ2n) is 5.08. The van der Waals surface area contributed by atoms with Gasteiger partial charge in [-0.25, -0.2) is 4.39 Å². The summed E-state index contributed by atoms with van der Waals surface area (Å²) in [5.41, 5.74) is 1.08. The van der Waals surface area contributed by atoms with E-state index in [-0.39, 0.29) is 5.82 Å². The molecule has 0 radical (unpaired) electrons. The average molecular weight is 283 g/mol. The van der Waals surface area contributed by atoms with Gasteiger partial charge in [0, 0.05) is 23.6 Å². The fourth-order valence-electron chi connectivity index (χ4n) is 2.46. The lowest BCUT2D eigenvalue weighted by molar-refractivity contribution is 0.303. The van der Waals surface area contributed by atoms with E-state index in [1.165, 1.54) is 6.07 Å². The molecule has 2 aromatic carbocycles. The molecule has 0 saturated heterocycles. The zero-order valence-corrected chi connectivity index (χ0v) is 11.8. The van der Waals surface area contributed by atoms with Crippen molar-refractivity contribution in [3.8, 4) is 5.75 Å². The van der Waals surface area contributed by atoms with Crippen LogP contribution in [-0.4, -0.2) is 11.2 Å². The number of nitrogens with zero attached hydrogens (tertiary/aromatic N) is 1. The van der Waals surface area contributed by atoms with Gasteiger partial charge in [-0.05, 0) is 49.2 Å². The quantitative estimate of drug-likeness (QED) is 0.601. The van der Waals surface area contributed by atoms with Crippen LogP contribution in [0.3, 0.4) is 0 Å². The number of halogens is 1. The van der Waals surface area contributed by atoms with Crippen molar-refractivity contribution < 1.29 is 9.13 Å². The number of aromatic nitrogens is 1. The first kappa shape index (κ1) is 13.7. The van der Waals surface area contributed by atoms with Crippen LogP contribution in [0, 0.1) is 5.82 Å². The van der Waals surface area contributed by atoms with Crippen LogP contribution < -0.4 is 4.74 Å². The van der Waals surface area contributed by atoms with Gasteiger partial charge in [0.2, 0.25) is 0 Å². The first-order valence-electron chi connectivity index (χ1n) is 7.25. The SMILES string of the molecule is Fc1ccc2c(ccn2CCCCOc2ccccc2)c1. The van der Waals surface area contributed by atoms with Crippen molar-refractivity contribution in [1.82, 2.24) is 4.57 Å². The summed E-state index contributed by atoms with van der Waals surface area (Å²) in [4.78, 5) is 0. The Balaban J connectivity index is 1.48. The van der Waals surface area contributed by atoms with Crippen LogP contribution in [0.25, 0.3) is 10.9 Å². The Labute approximate surface area is 123 Å². The molecule has 1 heterocycles. The summed E-state index contributed by atoms with van der Waals surface area (Å²) in [6, 6.07) is 16.7. The fraction of sp³-hybridized carbons (Fsp3) is 0.222. The minimum atomic E-state index is -0.184. The van der Waals surface area contributed by atoms with E-state index in [2.05, 4.69) is 4.57 Å². The third-order valence-electron chi connectivity index (χ3n) is 3.54. The number of hydrogen-bond acceptors (Lipinski definition) is 1. The molecule has 0 saturated carbocycles. The Kier molecular flexibility index (Phi) is 4.20. The van der Waals surface area contributed by atoms with Gasteiger partial charge >= 0.3 is 0 Å². The van der Waals surface area contributed by atoms with Crippen molar-refractivity contribution in [3.63, 3.8) is 0 Å². The van der Waals surface area contributed by atoms with Gasteiger partial charge in [-0.15, -0.1) is 0 Å². The lowest BCUT2D eigenvalue weighted by Gasteiger charge is -2.07. The molecule has 0 spiro atoms. The standard InChI is InChI=1S/C18H18FNO/c19-16-8-9-18-15(14-16)10-12-20(18)11-4-5-13-21-17-6-2-1-3-7-17/h1-3,6-10,12,14H,4-5,11,13H2. The molecular formula is C18H18FNO. The Morgan fingerprint density at radius 2 is 1.81 bits per heavy atom. The highest BCUT2D eigenvalue weighted by molar-refractivity contribution is 5.80. The van der Waals surface area contributed by atoms with Gasteiger partial charge in [0.1, 0.15) is 11.6 Å². The predicted molar refractivity (Wildman–Crippen MR) is 83.1 cm³/mol. The number of rotatable bonds is 6. The molecule has 0 aliphatic heterocycles. The van der Waals surface area contributed by atoms with Gasteiger partial charge in [0.05, 0.1) is 6.61 Å². The largest absolute Gasteiger partial charge is 0.494 e. The second-order valence-corrected chi connectivity index (χ2v) is 5.08. The van der Waals surface area contributed by atoms with Gasteiger partial charge in [-0.2, -0.15) is 0 Å². The number of benzene rings is 2. The molecule has 0 unspecified atom stereocenters. The number of fused-ring (bicyclic) bond motifs is 1. The summed E-state index contributed by atoms with van der Waals surface area (Å²) in [5.74, 6) is 0.732. The van der Waals surface area contributed by atoms with E-state index in [4.69, 9.17) is 4.74 Å². The molecule has 0 bridgehead atoms. The number of hydrogen-bond donors (Lipinski definition) is 0. The fourth-order valence-corrected chi connectivity index (χ4v) is 2.46. The van der Waals surface area contributed by atoms with Crippen LogP contribution >= 0.6 is 0 Å². The van der Waals surface area contributed by atoms with Crippen molar-refractivity contribution in [1.29, 1.82) is 0 Å². The third kappa shape index (κ3) is 3.43. The highest BCUT2D eigenvalue weighted by Gasteiger charge is 2.02. The molecule has 3 heteroatoms. The van der Waals surface area contributed by atoms with Crippen LogP contribution in [0.15, 0.2) is 60.8 Å². The molecule has 2 nitrogen and oxygen atoms in total. The van der Waals surface area contributed by atoms with Crippen molar-refractivity contribution in [2.24, 2.45) is 0 Å². The summed E-state index contributed by atoms with van der Waals surface area (Å²) < 4.78 is 21.0. The molecular weight excluding hydrogens is 265 g/mol. The summed E-state index contributed by atoms with van der Waals surface area (Å²) in [7, 11) is 0. The maximum Gasteiger partial charge on any atom is 0.123 e. The van der Waals surface area contributed by atoms with Gasteiger partial charge in [0.25, 0.3) is 0 Å². The average Bonchev–Trinajstić information content (AvgIpc) is 2.90. The molecule has 0 fully saturated rings. The van der Waals surface area contributed by atoms with Crippen LogP contribution in [0.2, 0.25) is 0 Å². The first-order chi connectivity index (χ1) is 10.3. The molecule has 1 aromatic heterocycles. The molecule has 0 aliphatic rings. The minimum absolute atomic E-state index is 0.184. The predicted octanol–water partition coefficient (Wildman–Crippen LogP) is 4.64. The normalized spacial score (nSPS) is 10.9. The molecule has 21 heavy (non-hydrogen) atoms. The number of unbranched alkanes of at least 4 members (excludes halogenated alkanes) is 1. The Hall–Kier alpha value is -2.29. The number of aryl methyl sites for hydroxylation is 1. The Morgan fingerprint density at radius 3 is 2.67 bits per heavy atom. The number of para-hydroxylation sites is 1. The molecule has 0 amide bonds. The molecule has 3 rings (SSSR count). The van der Waals surface area contributed by atoms with E-state index in [0.717, 1.165) is 42.6 Å². The van der Waals surface area contributed by atoms with Gasteiger partial charge in [-0.3, -0.25) is 0 Å². The van der Waals surface area contributed by atoms with E-state index < -0.39 is 0 Å². The molecule has 3 aromatic rings. The van der Waals surface area contributed by atoms with Crippen molar-refractivity contribution in [2.75, 3.05) is 6.61 Å². The summed E-state index contributed by atoms with van der Waals surface area (Å²) in [6.07, 6.45) is 4.05. The maximum atomic E-state index is 13.1. The van der Waals surface area contributed by atoms with E-state index in [1.807, 2.05) is 48.7 Å².